The monoisotopic (exact) mass is 1970 g/mol. The SMILES string of the molecule is CC(C)c1ccc(NC(CC(O)c2ccccc2)c2ccccn2)cc1.COc1ccc(-c2cccc(CNc3cc(C(F)(F)F)cc(C(F)(F)F)c3)n2)cc1.COc1ccccc1NCc1ccccc1O.Cc1cccc(C(n2ncc3ccccc32)n2ncc3ccccc32)c1O.O=C1c2ccccc2C(=O)N1CCCO.c1ccc(CNC(Cc2ccccc2)c2cccc(-c3cccc4ccccc34)n2)cc1. The first kappa shape index (κ1) is 104. The topological polar surface area (TPSA) is 259 Å². The quantitative estimate of drug-likeness (QED) is 0.0160. The van der Waals surface area contributed by atoms with Crippen LogP contribution >= 0.6 is 0 Å². The van der Waals surface area contributed by atoms with Gasteiger partial charge in [-0.3, -0.25) is 29.4 Å². The van der Waals surface area contributed by atoms with E-state index in [9.17, 15) is 51.3 Å². The van der Waals surface area contributed by atoms with E-state index in [0.29, 0.717) is 71.5 Å². The summed E-state index contributed by atoms with van der Waals surface area (Å²) in [7, 11) is 3.18. The van der Waals surface area contributed by atoms with Crippen molar-refractivity contribution in [2.45, 2.75) is 102 Å². The Labute approximate surface area is 849 Å². The fourth-order valence-electron chi connectivity index (χ4n) is 16.9. The third-order valence-corrected chi connectivity index (χ3v) is 24.7. The average molecular weight is 1980 g/mol. The summed E-state index contributed by atoms with van der Waals surface area (Å²) >= 11 is 0. The van der Waals surface area contributed by atoms with Gasteiger partial charge in [0.1, 0.15) is 23.0 Å². The summed E-state index contributed by atoms with van der Waals surface area (Å²) in [5.41, 5.74) is 15.1. The van der Waals surface area contributed by atoms with Crippen LogP contribution in [0.3, 0.4) is 0 Å². The molecule has 20 nitrogen and oxygen atoms in total. The number of imide groups is 1. The van der Waals surface area contributed by atoms with Crippen molar-refractivity contribution in [1.82, 2.24) is 44.7 Å². The van der Waals surface area contributed by atoms with E-state index in [1.54, 1.807) is 86.1 Å². The number of hydrogen-bond donors (Lipinski definition) is 8. The number of nitrogens with one attached hydrogen (secondary N) is 4. The minimum Gasteiger partial charge on any atom is -0.508 e. The number of aryl methyl sites for hydroxylation is 1. The zero-order chi connectivity index (χ0) is 103. The molecule has 746 valence electrons. The molecule has 1 aliphatic heterocycles. The second-order valence-corrected chi connectivity index (χ2v) is 35.1. The predicted octanol–water partition coefficient (Wildman–Crippen LogP) is 27.0. The van der Waals surface area contributed by atoms with Crippen LogP contribution in [0.2, 0.25) is 0 Å². The highest BCUT2D eigenvalue weighted by molar-refractivity contribution is 6.21. The molecule has 1 aliphatic rings. The van der Waals surface area contributed by atoms with Crippen LogP contribution in [0.25, 0.3) is 55.1 Å². The number of hydrogen-bond acceptors (Lipinski definition) is 17. The molecule has 0 bridgehead atoms. The maximum Gasteiger partial charge on any atom is 0.416 e. The lowest BCUT2D eigenvalue weighted by Crippen LogP contribution is -2.31. The molecule has 2 amide bonds. The van der Waals surface area contributed by atoms with Crippen LogP contribution in [0.4, 0.5) is 43.4 Å². The number of aliphatic hydroxyl groups excluding tert-OH is 2. The summed E-state index contributed by atoms with van der Waals surface area (Å²) in [6, 6.07) is 124. The van der Waals surface area contributed by atoms with Gasteiger partial charge in [0.15, 0.2) is 6.17 Å². The number of pyridine rings is 3. The zero-order valence-electron chi connectivity index (χ0n) is 81.6. The number of phenolic OH excluding ortho intramolecular Hbond substituents is 2. The Balaban J connectivity index is 0.000000134. The third-order valence-electron chi connectivity index (χ3n) is 24.7. The van der Waals surface area contributed by atoms with E-state index in [2.05, 4.69) is 201 Å². The second kappa shape index (κ2) is 50.2. The Kier molecular flexibility index (Phi) is 35.6. The van der Waals surface area contributed by atoms with Crippen molar-refractivity contribution in [3.63, 3.8) is 0 Å². The molecule has 8 N–H and O–H groups in total. The number of aromatic hydroxyl groups is 2. The number of carbonyl (C=O) groups is 2. The molecule has 20 rings (SSSR count). The number of aromatic nitrogens is 7. The van der Waals surface area contributed by atoms with E-state index in [1.807, 2.05) is 186 Å². The van der Waals surface area contributed by atoms with Crippen LogP contribution in [-0.4, -0.2) is 99.0 Å². The number of amides is 2. The molecular weight excluding hydrogens is 1860 g/mol. The highest BCUT2D eigenvalue weighted by atomic mass is 19.4. The number of ether oxygens (including phenoxy) is 2. The molecule has 6 heterocycles. The van der Waals surface area contributed by atoms with E-state index in [1.165, 1.54) is 45.0 Å². The number of alkyl halides is 6. The fraction of sp³-hybridized carbons (Fsp3) is 0.165. The summed E-state index contributed by atoms with van der Waals surface area (Å²) in [6.45, 7) is 7.85. The predicted molar refractivity (Wildman–Crippen MR) is 568 cm³/mol. The molecule has 14 aromatic carbocycles. The molecule has 0 saturated heterocycles. The largest absolute Gasteiger partial charge is 0.508 e. The first-order valence-electron chi connectivity index (χ1n) is 48.1. The number of aliphatic hydroxyl groups is 2. The Morgan fingerprint density at radius 3 is 1.63 bits per heavy atom. The average Bonchev–Trinajstić information content (AvgIpc) is 1.62. The van der Waals surface area contributed by atoms with Gasteiger partial charge in [0, 0.05) is 83.3 Å². The summed E-state index contributed by atoms with van der Waals surface area (Å²) in [5, 5.41) is 66.8. The highest BCUT2D eigenvalue weighted by Gasteiger charge is 2.38. The van der Waals surface area contributed by atoms with Crippen LogP contribution in [0.15, 0.2) is 413 Å². The first-order chi connectivity index (χ1) is 71.4. The van der Waals surface area contributed by atoms with E-state index in [-0.39, 0.29) is 61.1 Å². The molecule has 19 aromatic rings. The van der Waals surface area contributed by atoms with Crippen molar-refractivity contribution in [1.29, 1.82) is 0 Å². The fourth-order valence-corrected chi connectivity index (χ4v) is 16.9. The van der Waals surface area contributed by atoms with Crippen molar-refractivity contribution in [2.75, 3.05) is 43.3 Å². The van der Waals surface area contributed by atoms with Crippen LogP contribution in [0.5, 0.6) is 23.0 Å². The number of methoxy groups -OCH3 is 2. The maximum atomic E-state index is 13.0. The smallest absolute Gasteiger partial charge is 0.416 e. The van der Waals surface area contributed by atoms with Gasteiger partial charge in [-0.1, -0.05) is 275 Å². The number of para-hydroxylation sites is 6. The highest BCUT2D eigenvalue weighted by Crippen LogP contribution is 2.41. The van der Waals surface area contributed by atoms with Gasteiger partial charge >= 0.3 is 12.4 Å². The number of phenols is 2. The molecular formula is C121H112F6N12O8. The Bertz CT molecular complexity index is 7370. The summed E-state index contributed by atoms with van der Waals surface area (Å²) in [4.78, 5) is 38.7. The molecule has 0 fully saturated rings. The van der Waals surface area contributed by atoms with Crippen molar-refractivity contribution in [2.24, 2.45) is 0 Å². The number of nitrogens with zero attached hydrogens (tertiary/aromatic N) is 8. The molecule has 5 aromatic heterocycles. The van der Waals surface area contributed by atoms with Gasteiger partial charge in [-0.25, -0.2) is 9.36 Å². The van der Waals surface area contributed by atoms with Gasteiger partial charge < -0.3 is 51.2 Å². The van der Waals surface area contributed by atoms with Gasteiger partial charge in [0.2, 0.25) is 0 Å². The number of halogens is 6. The molecule has 0 radical (unpaired) electrons. The minimum absolute atomic E-state index is 0.0204. The van der Waals surface area contributed by atoms with Crippen molar-refractivity contribution < 1.29 is 65.8 Å². The number of benzene rings is 14. The minimum atomic E-state index is -4.90. The second-order valence-electron chi connectivity index (χ2n) is 35.1. The number of anilines is 3. The number of rotatable bonds is 29. The molecule has 3 unspecified atom stereocenters. The first-order valence-corrected chi connectivity index (χ1v) is 48.1. The van der Waals surface area contributed by atoms with Gasteiger partial charge in [-0.2, -0.15) is 36.5 Å². The Morgan fingerprint density at radius 1 is 0.456 bits per heavy atom. The van der Waals surface area contributed by atoms with Crippen molar-refractivity contribution in [3.8, 4) is 45.5 Å². The standard InChI is InChI=1S/C30H26N2.C23H26N2O.C22H18N4O.C21H16F6N2O.C14H15NO2.C11H11NO3/c1-3-11-23(12-4-1)21-30(31-22-24-13-5-2-6-14-24)29-20-10-19-28(32-29)27-18-9-16-25-15-7-8-17-26(25)27;1-17(2)18-11-13-20(14-12-18)25-22(21-10-6-7-15-24-21)16-23(26)19-8-4-3-5-9-19;1-15-7-6-10-18(21(15)27)22(25-19-11-4-2-8-16(19)13-23-25)26-20-12-5-3-9-17(20)14-24-26;1-30-18-7-5-13(6-8-18)19-4-2-3-16(29-19)12-28-17-10-14(20(22,23)24)9-15(11-17)21(25,26)27;1-17-14-9-5-3-7-12(14)15-10-11-6-2-4-8-13(11)16;13-7-3-6-12-10(14)8-4-1-2-5-9(8)11(12)15/h1-20,30-31H,21-22H2;3-15,17,22-23,25-26H,16H2,1-2H3;2-14,22,27H,1H3;2-11,28H,12H2,1H3;2-9,15-16H,10H2,1H3;1-2,4-5,13H,3,6-7H2. The van der Waals surface area contributed by atoms with E-state index < -0.39 is 35.7 Å². The lowest BCUT2D eigenvalue weighted by Gasteiger charge is -2.23. The summed E-state index contributed by atoms with van der Waals surface area (Å²) in [5.74, 6) is 2.02. The number of carbonyl (C=O) groups excluding carboxylic acids is 2. The van der Waals surface area contributed by atoms with E-state index in [0.717, 1.165) is 96.8 Å². The van der Waals surface area contributed by atoms with E-state index in [4.69, 9.17) is 19.6 Å². The van der Waals surface area contributed by atoms with Crippen molar-refractivity contribution in [3.05, 3.63) is 491 Å². The normalized spacial score (nSPS) is 12.2. The lowest BCUT2D eigenvalue weighted by atomic mass is 9.99. The van der Waals surface area contributed by atoms with Crippen LogP contribution < -0.4 is 30.7 Å². The molecule has 147 heavy (non-hydrogen) atoms. The van der Waals surface area contributed by atoms with Crippen LogP contribution in [0.1, 0.15) is 145 Å². The summed E-state index contributed by atoms with van der Waals surface area (Å²) < 4.78 is 92.0. The lowest BCUT2D eigenvalue weighted by molar-refractivity contribution is -0.143. The molecule has 0 spiro atoms. The summed E-state index contributed by atoms with van der Waals surface area (Å²) in [6.07, 6.45) is -3.40. The van der Waals surface area contributed by atoms with Gasteiger partial charge in [0.05, 0.1) is 119 Å². The van der Waals surface area contributed by atoms with Gasteiger partial charge in [-0.05, 0) is 198 Å². The number of fused-ring (bicyclic) bond motifs is 4. The molecule has 3 atom stereocenters. The van der Waals surface area contributed by atoms with Crippen LogP contribution in [0, 0.1) is 6.92 Å². The van der Waals surface area contributed by atoms with E-state index >= 15 is 0 Å². The third kappa shape index (κ3) is 27.7. The molecule has 0 saturated carbocycles. The Morgan fingerprint density at radius 2 is 1.01 bits per heavy atom. The van der Waals surface area contributed by atoms with Crippen molar-refractivity contribution >= 4 is 61.5 Å². The van der Waals surface area contributed by atoms with Crippen LogP contribution in [-0.2, 0) is 38.4 Å². The molecule has 0 aliphatic carbocycles. The molecule has 26 heteroatoms. The Hall–Kier alpha value is -17.1. The zero-order valence-corrected chi connectivity index (χ0v) is 81.6. The van der Waals surface area contributed by atoms with Gasteiger partial charge in [-0.15, -0.1) is 0 Å². The van der Waals surface area contributed by atoms with Gasteiger partial charge in [0.25, 0.3) is 11.8 Å². The maximum absolute atomic E-state index is 13.0.